The van der Waals surface area contributed by atoms with Gasteiger partial charge < -0.3 is 15.4 Å². The van der Waals surface area contributed by atoms with Crippen molar-refractivity contribution in [1.29, 1.82) is 0 Å². The van der Waals surface area contributed by atoms with Gasteiger partial charge in [-0.15, -0.1) is 11.8 Å². The summed E-state index contributed by atoms with van der Waals surface area (Å²) in [6, 6.07) is -0.227. The van der Waals surface area contributed by atoms with Crippen LogP contribution >= 0.6 is 11.8 Å². The lowest BCUT2D eigenvalue weighted by Crippen LogP contribution is -2.50. The zero-order valence-corrected chi connectivity index (χ0v) is 13.6. The number of carbonyl (C=O) groups is 3. The van der Waals surface area contributed by atoms with Crippen molar-refractivity contribution in [3.63, 3.8) is 0 Å². The van der Waals surface area contributed by atoms with E-state index in [4.69, 9.17) is 4.74 Å². The van der Waals surface area contributed by atoms with Crippen LogP contribution in [0.15, 0.2) is 0 Å². The molecule has 3 unspecified atom stereocenters. The number of nitrogens with zero attached hydrogens (tertiary/aromatic N) is 1. The third-order valence-electron chi connectivity index (χ3n) is 3.75. The molecule has 0 aromatic rings. The molecule has 2 aliphatic rings. The van der Waals surface area contributed by atoms with E-state index in [1.165, 1.54) is 11.8 Å². The SMILES string of the molecule is CCOC(=O)NC(=O)C1CCSC1NC(=O)C1CNCN1C. The minimum absolute atomic E-state index is 0.0964. The molecule has 2 rings (SSSR count). The first-order valence-corrected chi connectivity index (χ1v) is 8.38. The van der Waals surface area contributed by atoms with Crippen molar-refractivity contribution >= 4 is 29.7 Å². The molecule has 22 heavy (non-hydrogen) atoms. The van der Waals surface area contributed by atoms with Crippen LogP contribution < -0.4 is 16.0 Å². The van der Waals surface area contributed by atoms with Crippen LogP contribution in [0, 0.1) is 5.92 Å². The summed E-state index contributed by atoms with van der Waals surface area (Å²) < 4.78 is 4.70. The number of imide groups is 1. The molecule has 3 N–H and O–H groups in total. The number of likely N-dealkylation sites (N-methyl/N-ethyl adjacent to an activating group) is 1. The minimum Gasteiger partial charge on any atom is -0.450 e. The summed E-state index contributed by atoms with van der Waals surface area (Å²) in [6.07, 6.45) is -0.117. The Morgan fingerprint density at radius 2 is 2.14 bits per heavy atom. The molecule has 0 aliphatic carbocycles. The Bertz CT molecular complexity index is 448. The number of hydrogen-bond acceptors (Lipinski definition) is 7. The van der Waals surface area contributed by atoms with E-state index in [9.17, 15) is 14.4 Å². The second kappa shape index (κ2) is 7.80. The van der Waals surface area contributed by atoms with Gasteiger partial charge in [0.25, 0.3) is 0 Å². The first kappa shape index (κ1) is 17.0. The van der Waals surface area contributed by atoms with E-state index in [-0.39, 0.29) is 23.9 Å². The number of carbonyl (C=O) groups excluding carboxylic acids is 3. The summed E-state index contributed by atoms with van der Waals surface area (Å²) in [4.78, 5) is 37.6. The molecule has 3 atom stereocenters. The molecule has 0 radical (unpaired) electrons. The fraction of sp³-hybridized carbons (Fsp3) is 0.769. The van der Waals surface area contributed by atoms with E-state index in [0.717, 1.165) is 5.75 Å². The van der Waals surface area contributed by atoms with Crippen molar-refractivity contribution in [2.45, 2.75) is 24.8 Å². The van der Waals surface area contributed by atoms with Crippen molar-refractivity contribution in [3.05, 3.63) is 0 Å². The van der Waals surface area contributed by atoms with Gasteiger partial charge in [0.05, 0.1) is 17.9 Å². The molecule has 0 aromatic heterocycles. The summed E-state index contributed by atoms with van der Waals surface area (Å²) in [5, 5.41) is 7.94. The molecule has 124 valence electrons. The van der Waals surface area contributed by atoms with E-state index in [1.807, 2.05) is 11.9 Å². The quantitative estimate of drug-likeness (QED) is 0.628. The summed E-state index contributed by atoms with van der Waals surface area (Å²) in [5.41, 5.74) is 0. The average molecular weight is 330 g/mol. The summed E-state index contributed by atoms with van der Waals surface area (Å²) in [5.74, 6) is -0.143. The highest BCUT2D eigenvalue weighted by Gasteiger charge is 2.38. The van der Waals surface area contributed by atoms with Gasteiger partial charge in [0.2, 0.25) is 11.8 Å². The lowest BCUT2D eigenvalue weighted by Gasteiger charge is -2.23. The highest BCUT2D eigenvalue weighted by Crippen LogP contribution is 2.30. The van der Waals surface area contributed by atoms with Gasteiger partial charge in [-0.3, -0.25) is 19.8 Å². The molecule has 2 heterocycles. The maximum atomic E-state index is 12.3. The first-order valence-electron chi connectivity index (χ1n) is 7.33. The number of thioether (sulfide) groups is 1. The van der Waals surface area contributed by atoms with Gasteiger partial charge in [0.15, 0.2) is 0 Å². The lowest BCUT2D eigenvalue weighted by molar-refractivity contribution is -0.126. The van der Waals surface area contributed by atoms with Gasteiger partial charge >= 0.3 is 6.09 Å². The molecule has 0 saturated carbocycles. The fourth-order valence-electron chi connectivity index (χ4n) is 2.53. The number of amides is 3. The molecular formula is C13H22N4O4S. The van der Waals surface area contributed by atoms with Crippen LogP contribution in [0.4, 0.5) is 4.79 Å². The van der Waals surface area contributed by atoms with Crippen molar-refractivity contribution in [3.8, 4) is 0 Å². The van der Waals surface area contributed by atoms with Gasteiger partial charge in [-0.25, -0.2) is 4.79 Å². The molecule has 8 nitrogen and oxygen atoms in total. The van der Waals surface area contributed by atoms with Gasteiger partial charge in [-0.2, -0.15) is 0 Å². The van der Waals surface area contributed by atoms with Crippen molar-refractivity contribution in [1.82, 2.24) is 20.9 Å². The third-order valence-corrected chi connectivity index (χ3v) is 5.02. The molecule has 2 fully saturated rings. The van der Waals surface area contributed by atoms with E-state index < -0.39 is 17.9 Å². The summed E-state index contributed by atoms with van der Waals surface area (Å²) in [6.45, 7) is 3.15. The number of ether oxygens (including phenoxy) is 1. The Morgan fingerprint density at radius 3 is 2.77 bits per heavy atom. The zero-order valence-electron chi connectivity index (χ0n) is 12.8. The van der Waals surface area contributed by atoms with Crippen LogP contribution in [-0.4, -0.2) is 66.8 Å². The Labute approximate surface area is 133 Å². The predicted octanol–water partition coefficient (Wildman–Crippen LogP) is -0.684. The Kier molecular flexibility index (Phi) is 6.04. The van der Waals surface area contributed by atoms with Crippen LogP contribution in [-0.2, 0) is 14.3 Å². The lowest BCUT2D eigenvalue weighted by atomic mass is 10.1. The smallest absolute Gasteiger partial charge is 0.413 e. The van der Waals surface area contributed by atoms with Gasteiger partial charge in [-0.1, -0.05) is 0 Å². The molecule has 2 aliphatic heterocycles. The third kappa shape index (κ3) is 4.11. The van der Waals surface area contributed by atoms with Crippen LogP contribution in [0.25, 0.3) is 0 Å². The normalized spacial score (nSPS) is 28.4. The minimum atomic E-state index is -0.741. The Hall–Kier alpha value is -1.32. The van der Waals surface area contributed by atoms with Crippen molar-refractivity contribution < 1.29 is 19.1 Å². The molecule has 2 saturated heterocycles. The second-order valence-corrected chi connectivity index (χ2v) is 6.54. The Balaban J connectivity index is 1.88. The van der Waals surface area contributed by atoms with Gasteiger partial charge in [0, 0.05) is 13.2 Å². The number of rotatable bonds is 4. The Morgan fingerprint density at radius 1 is 1.36 bits per heavy atom. The van der Waals surface area contributed by atoms with Gasteiger partial charge in [-0.05, 0) is 26.1 Å². The number of nitrogens with one attached hydrogen (secondary N) is 3. The van der Waals surface area contributed by atoms with E-state index in [2.05, 4.69) is 16.0 Å². The second-order valence-electron chi connectivity index (χ2n) is 5.29. The zero-order chi connectivity index (χ0) is 16.1. The largest absolute Gasteiger partial charge is 0.450 e. The van der Waals surface area contributed by atoms with E-state index >= 15 is 0 Å². The molecule has 9 heteroatoms. The molecular weight excluding hydrogens is 308 g/mol. The fourth-order valence-corrected chi connectivity index (χ4v) is 3.87. The predicted molar refractivity (Wildman–Crippen MR) is 82.1 cm³/mol. The molecule has 3 amide bonds. The maximum Gasteiger partial charge on any atom is 0.413 e. The summed E-state index contributed by atoms with van der Waals surface area (Å²) >= 11 is 1.52. The van der Waals surface area contributed by atoms with Gasteiger partial charge in [0.1, 0.15) is 6.04 Å². The highest BCUT2D eigenvalue weighted by molar-refractivity contribution is 8.00. The average Bonchev–Trinajstić information content (AvgIpc) is 3.07. The molecule has 0 aromatic carbocycles. The first-order chi connectivity index (χ1) is 10.5. The van der Waals surface area contributed by atoms with Crippen LogP contribution in [0.1, 0.15) is 13.3 Å². The van der Waals surface area contributed by atoms with E-state index in [1.54, 1.807) is 6.92 Å². The van der Waals surface area contributed by atoms with Crippen molar-refractivity contribution in [2.24, 2.45) is 5.92 Å². The number of alkyl carbamates (subject to hydrolysis) is 1. The standard InChI is InChI=1S/C13H22N4O4S/c1-3-21-13(20)16-10(18)8-4-5-22-12(8)15-11(19)9-6-14-7-17(9)2/h8-9,12,14H,3-7H2,1-2H3,(H,15,19)(H,16,18,20). The summed E-state index contributed by atoms with van der Waals surface area (Å²) in [7, 11) is 1.87. The van der Waals surface area contributed by atoms with Crippen LogP contribution in [0.3, 0.4) is 0 Å². The number of hydrogen-bond donors (Lipinski definition) is 3. The molecule has 0 spiro atoms. The van der Waals surface area contributed by atoms with Crippen LogP contribution in [0.2, 0.25) is 0 Å². The monoisotopic (exact) mass is 330 g/mol. The van der Waals surface area contributed by atoms with E-state index in [0.29, 0.717) is 19.6 Å². The highest BCUT2D eigenvalue weighted by atomic mass is 32.2. The van der Waals surface area contributed by atoms with Crippen LogP contribution in [0.5, 0.6) is 0 Å². The topological polar surface area (TPSA) is 99.8 Å². The maximum absolute atomic E-state index is 12.3. The molecule has 0 bridgehead atoms. The van der Waals surface area contributed by atoms with Crippen molar-refractivity contribution in [2.75, 3.05) is 32.6 Å².